The van der Waals surface area contributed by atoms with E-state index in [4.69, 9.17) is 0 Å². The van der Waals surface area contributed by atoms with Crippen LogP contribution in [0.15, 0.2) is 53.5 Å². The van der Waals surface area contributed by atoms with Crippen molar-refractivity contribution in [1.29, 1.82) is 5.26 Å². The molecule has 23 heavy (non-hydrogen) atoms. The van der Waals surface area contributed by atoms with Gasteiger partial charge < -0.3 is 5.32 Å². The number of fused-ring (bicyclic) bond motifs is 1. The molecule has 0 spiro atoms. The number of nitrogens with zero attached hydrogens (tertiary/aromatic N) is 2. The molecule has 112 valence electrons. The molecular weight excluding hydrogens is 304 g/mol. The number of aryl methyl sites for hydroxylation is 1. The topological polar surface area (TPSA) is 64.5 Å². The lowest BCUT2D eigenvalue weighted by Crippen LogP contribution is -2.17. The number of nitrogens with one attached hydrogen (secondary N) is 2. The Morgan fingerprint density at radius 2 is 2.00 bits per heavy atom. The van der Waals surface area contributed by atoms with Gasteiger partial charge in [0.25, 0.3) is 0 Å². The molecule has 0 amide bonds. The van der Waals surface area contributed by atoms with Crippen molar-refractivity contribution in [3.8, 4) is 6.07 Å². The molecule has 4 rings (SSSR count). The van der Waals surface area contributed by atoms with E-state index in [9.17, 15) is 5.26 Å². The Morgan fingerprint density at radius 3 is 2.70 bits per heavy atom. The van der Waals surface area contributed by atoms with E-state index in [-0.39, 0.29) is 5.92 Å². The first-order valence-corrected chi connectivity index (χ1v) is 8.22. The Labute approximate surface area is 138 Å². The average Bonchev–Trinajstić information content (AvgIpc) is 3.22. The Kier molecular flexibility index (Phi) is 3.25. The van der Waals surface area contributed by atoms with Crippen molar-refractivity contribution in [3.05, 3.63) is 75.1 Å². The van der Waals surface area contributed by atoms with Crippen molar-refractivity contribution in [3.63, 3.8) is 0 Å². The zero-order chi connectivity index (χ0) is 15.8. The van der Waals surface area contributed by atoms with E-state index in [1.807, 2.05) is 36.5 Å². The highest BCUT2D eigenvalue weighted by Crippen LogP contribution is 2.44. The lowest BCUT2D eigenvalue weighted by molar-refractivity contribution is 0.968. The summed E-state index contributed by atoms with van der Waals surface area (Å²) >= 11 is 1.70. The van der Waals surface area contributed by atoms with E-state index in [0.717, 1.165) is 28.2 Å². The number of thiophene rings is 1. The lowest BCUT2D eigenvalue weighted by Gasteiger charge is -2.26. The van der Waals surface area contributed by atoms with Gasteiger partial charge in [-0.15, -0.1) is 11.3 Å². The molecule has 4 nitrogen and oxygen atoms in total. The molecule has 0 saturated heterocycles. The molecule has 0 fully saturated rings. The van der Waals surface area contributed by atoms with Gasteiger partial charge in [0, 0.05) is 16.6 Å². The van der Waals surface area contributed by atoms with Gasteiger partial charge in [-0.1, -0.05) is 30.3 Å². The van der Waals surface area contributed by atoms with Crippen molar-refractivity contribution in [2.45, 2.75) is 12.8 Å². The third-order valence-electron chi connectivity index (χ3n) is 4.18. The highest BCUT2D eigenvalue weighted by atomic mass is 32.1. The molecule has 1 aliphatic heterocycles. The molecule has 0 saturated carbocycles. The van der Waals surface area contributed by atoms with Crippen LogP contribution in [-0.4, -0.2) is 10.2 Å². The quantitative estimate of drug-likeness (QED) is 0.741. The molecule has 0 bridgehead atoms. The van der Waals surface area contributed by atoms with E-state index in [1.165, 1.54) is 10.4 Å². The van der Waals surface area contributed by atoms with Crippen LogP contribution in [0.3, 0.4) is 0 Å². The van der Waals surface area contributed by atoms with E-state index >= 15 is 0 Å². The predicted molar refractivity (Wildman–Crippen MR) is 92.1 cm³/mol. The standard InChI is InChI=1S/C18H14N4S/c1-11-13(7-8-23-11)16-14(9-19)17(12-5-3-2-4-6-12)21-18-15(16)10-20-22-18/h2-8,10,16H,1H3,(H2,20,21,22). The number of rotatable bonds is 2. The van der Waals surface area contributed by atoms with Gasteiger partial charge in [-0.05, 0) is 29.5 Å². The Balaban J connectivity index is 1.97. The minimum Gasteiger partial charge on any atom is -0.337 e. The van der Waals surface area contributed by atoms with Crippen LogP contribution in [0.5, 0.6) is 0 Å². The maximum absolute atomic E-state index is 9.87. The zero-order valence-electron chi connectivity index (χ0n) is 12.5. The summed E-state index contributed by atoms with van der Waals surface area (Å²) in [6.07, 6.45) is 1.88. The number of hydrogen-bond acceptors (Lipinski definition) is 4. The summed E-state index contributed by atoms with van der Waals surface area (Å²) in [6.45, 7) is 2.10. The van der Waals surface area contributed by atoms with Gasteiger partial charge in [0.15, 0.2) is 5.82 Å². The number of aromatic nitrogens is 2. The number of hydrogen-bond donors (Lipinski definition) is 2. The molecule has 1 aliphatic rings. The summed E-state index contributed by atoms with van der Waals surface area (Å²) in [7, 11) is 0. The summed E-state index contributed by atoms with van der Waals surface area (Å²) < 4.78 is 0. The number of nitriles is 1. The van der Waals surface area contributed by atoms with Crippen LogP contribution in [0.1, 0.15) is 27.5 Å². The van der Waals surface area contributed by atoms with Gasteiger partial charge in [0.1, 0.15) is 0 Å². The third-order valence-corrected chi connectivity index (χ3v) is 5.04. The summed E-state index contributed by atoms with van der Waals surface area (Å²) in [5.74, 6) is 0.704. The fraction of sp³-hybridized carbons (Fsp3) is 0.111. The van der Waals surface area contributed by atoms with Crippen LogP contribution in [-0.2, 0) is 0 Å². The largest absolute Gasteiger partial charge is 0.337 e. The van der Waals surface area contributed by atoms with Crippen molar-refractivity contribution >= 4 is 22.9 Å². The normalized spacial score (nSPS) is 16.6. The first kappa shape index (κ1) is 13.8. The Hall–Kier alpha value is -2.84. The minimum absolute atomic E-state index is 0.0866. The predicted octanol–water partition coefficient (Wildman–Crippen LogP) is 4.27. The van der Waals surface area contributed by atoms with Crippen LogP contribution in [0.2, 0.25) is 0 Å². The third kappa shape index (κ3) is 2.16. The summed E-state index contributed by atoms with van der Waals surface area (Å²) in [5.41, 5.74) is 4.75. The summed E-state index contributed by atoms with van der Waals surface area (Å²) in [4.78, 5) is 1.23. The van der Waals surface area contributed by atoms with Gasteiger partial charge in [0.2, 0.25) is 0 Å². The molecule has 0 radical (unpaired) electrons. The Bertz CT molecular complexity index is 927. The first-order valence-electron chi connectivity index (χ1n) is 7.34. The number of benzene rings is 1. The fourth-order valence-corrected chi connectivity index (χ4v) is 3.82. The second-order valence-electron chi connectivity index (χ2n) is 5.45. The van der Waals surface area contributed by atoms with Gasteiger partial charge in [0.05, 0.1) is 23.3 Å². The van der Waals surface area contributed by atoms with E-state index in [0.29, 0.717) is 0 Å². The average molecular weight is 318 g/mol. The number of H-pyrrole nitrogens is 1. The maximum Gasteiger partial charge on any atom is 0.156 e. The molecule has 1 aromatic carbocycles. The van der Waals surface area contributed by atoms with Crippen molar-refractivity contribution in [1.82, 2.24) is 10.2 Å². The monoisotopic (exact) mass is 318 g/mol. The molecular formula is C18H14N4S. The maximum atomic E-state index is 9.87. The SMILES string of the molecule is Cc1sccc1C1C(C#N)=C(c2ccccc2)Nc2n[nH]cc21. The minimum atomic E-state index is -0.0866. The molecule has 5 heteroatoms. The molecule has 3 heterocycles. The number of anilines is 1. The van der Waals surface area contributed by atoms with Crippen molar-refractivity contribution in [2.24, 2.45) is 0 Å². The van der Waals surface area contributed by atoms with Gasteiger partial charge in [-0.25, -0.2) is 0 Å². The van der Waals surface area contributed by atoms with Crippen LogP contribution in [0, 0.1) is 18.3 Å². The Morgan fingerprint density at radius 1 is 1.17 bits per heavy atom. The second kappa shape index (κ2) is 5.41. The van der Waals surface area contributed by atoms with Crippen molar-refractivity contribution in [2.75, 3.05) is 5.32 Å². The highest BCUT2D eigenvalue weighted by Gasteiger charge is 2.32. The number of aromatic amines is 1. The van der Waals surface area contributed by atoms with Gasteiger partial charge >= 0.3 is 0 Å². The smallest absolute Gasteiger partial charge is 0.156 e. The zero-order valence-corrected chi connectivity index (χ0v) is 13.3. The number of allylic oxidation sites excluding steroid dienone is 1. The lowest BCUT2D eigenvalue weighted by atomic mass is 9.82. The van der Waals surface area contributed by atoms with Crippen molar-refractivity contribution < 1.29 is 0 Å². The van der Waals surface area contributed by atoms with Gasteiger partial charge in [-0.3, -0.25) is 5.10 Å². The van der Waals surface area contributed by atoms with E-state index in [2.05, 4.69) is 40.0 Å². The van der Waals surface area contributed by atoms with E-state index in [1.54, 1.807) is 11.3 Å². The van der Waals surface area contributed by atoms with Crippen LogP contribution >= 0.6 is 11.3 Å². The molecule has 2 N–H and O–H groups in total. The first-order chi connectivity index (χ1) is 11.3. The molecule has 0 aliphatic carbocycles. The molecule has 1 unspecified atom stereocenters. The fourth-order valence-electron chi connectivity index (χ4n) is 3.08. The van der Waals surface area contributed by atoms with Crippen LogP contribution < -0.4 is 5.32 Å². The second-order valence-corrected chi connectivity index (χ2v) is 6.57. The summed E-state index contributed by atoms with van der Waals surface area (Å²) in [6, 6.07) is 14.5. The molecule has 1 atom stereocenters. The highest BCUT2D eigenvalue weighted by molar-refractivity contribution is 7.10. The van der Waals surface area contributed by atoms with E-state index < -0.39 is 0 Å². The molecule has 2 aromatic heterocycles. The van der Waals surface area contributed by atoms with Crippen LogP contribution in [0.4, 0.5) is 5.82 Å². The molecule has 3 aromatic rings. The van der Waals surface area contributed by atoms with Gasteiger partial charge in [-0.2, -0.15) is 10.4 Å². The van der Waals surface area contributed by atoms with Crippen LogP contribution in [0.25, 0.3) is 5.70 Å². The summed E-state index contributed by atoms with van der Waals surface area (Å²) in [5, 5.41) is 22.5.